The zero-order valence-electron chi connectivity index (χ0n) is 10.2. The van der Waals surface area contributed by atoms with E-state index in [9.17, 15) is 22.9 Å². The van der Waals surface area contributed by atoms with Crippen LogP contribution in [0.1, 0.15) is 12.8 Å². The molecule has 0 aromatic heterocycles. The highest BCUT2D eigenvalue weighted by molar-refractivity contribution is 7.89. The van der Waals surface area contributed by atoms with Crippen molar-refractivity contribution in [3.8, 4) is 6.07 Å². The molecule has 1 aromatic carbocycles. The Morgan fingerprint density at radius 2 is 2.20 bits per heavy atom. The van der Waals surface area contributed by atoms with E-state index in [1.165, 1.54) is 0 Å². The Kier molecular flexibility index (Phi) is 3.69. The Hall–Kier alpha value is -2.05. The highest BCUT2D eigenvalue weighted by Crippen LogP contribution is 2.28. The number of nitrogens with zero attached hydrogens (tertiary/aromatic N) is 3. The maximum atomic E-state index is 13.2. The van der Waals surface area contributed by atoms with Crippen LogP contribution in [-0.4, -0.2) is 30.2 Å². The Bertz CT molecular complexity index is 698. The number of nitro groups is 1. The number of benzene rings is 1. The normalized spacial score (nSPS) is 19.7. The summed E-state index contributed by atoms with van der Waals surface area (Å²) in [5.74, 6) is -1.10. The summed E-state index contributed by atoms with van der Waals surface area (Å²) >= 11 is 0. The quantitative estimate of drug-likeness (QED) is 0.620. The third-order valence-electron chi connectivity index (χ3n) is 3.07. The lowest BCUT2D eigenvalue weighted by atomic mass is 10.2. The third kappa shape index (κ3) is 2.35. The zero-order chi connectivity index (χ0) is 14.9. The summed E-state index contributed by atoms with van der Waals surface area (Å²) in [6.45, 7) is 0.172. The van der Waals surface area contributed by atoms with Gasteiger partial charge in [0.15, 0.2) is 0 Å². The first-order valence-electron chi connectivity index (χ1n) is 5.73. The summed E-state index contributed by atoms with van der Waals surface area (Å²) in [7, 11) is -4.03. The van der Waals surface area contributed by atoms with Crippen LogP contribution < -0.4 is 0 Å². The number of rotatable bonds is 3. The van der Waals surface area contributed by atoms with Crippen molar-refractivity contribution in [2.75, 3.05) is 6.54 Å². The highest BCUT2D eigenvalue weighted by Gasteiger charge is 2.36. The average Bonchev–Trinajstić information content (AvgIpc) is 2.87. The molecule has 0 amide bonds. The molecule has 1 saturated heterocycles. The van der Waals surface area contributed by atoms with E-state index in [4.69, 9.17) is 5.26 Å². The predicted molar refractivity (Wildman–Crippen MR) is 65.6 cm³/mol. The fraction of sp³-hybridized carbons (Fsp3) is 0.364. The first-order chi connectivity index (χ1) is 9.37. The molecule has 1 heterocycles. The molecule has 9 heteroatoms. The Morgan fingerprint density at radius 3 is 2.80 bits per heavy atom. The topological polar surface area (TPSA) is 104 Å². The van der Waals surface area contributed by atoms with Gasteiger partial charge in [-0.2, -0.15) is 14.0 Å². The number of nitro benzene ring substituents is 1. The van der Waals surface area contributed by atoms with Gasteiger partial charge in [0.1, 0.15) is 6.04 Å². The van der Waals surface area contributed by atoms with Gasteiger partial charge in [0.05, 0.1) is 15.9 Å². The molecule has 1 aliphatic rings. The first kappa shape index (κ1) is 14.4. The van der Waals surface area contributed by atoms with Gasteiger partial charge < -0.3 is 0 Å². The van der Waals surface area contributed by atoms with Gasteiger partial charge in [0.25, 0.3) is 0 Å². The largest absolute Gasteiger partial charge is 0.306 e. The van der Waals surface area contributed by atoms with Gasteiger partial charge in [-0.25, -0.2) is 8.42 Å². The van der Waals surface area contributed by atoms with Crippen LogP contribution in [0.3, 0.4) is 0 Å². The van der Waals surface area contributed by atoms with Crippen LogP contribution in [0.4, 0.5) is 10.1 Å². The lowest BCUT2D eigenvalue weighted by Gasteiger charge is -2.18. The maximum Gasteiger partial charge on any atom is 0.306 e. The van der Waals surface area contributed by atoms with Gasteiger partial charge in [-0.3, -0.25) is 10.1 Å². The molecule has 1 atom stereocenters. The SMILES string of the molecule is N#CC1CCCN1S(=O)(=O)c1ccc(F)c([N+](=O)[O-])c1. The fourth-order valence-corrected chi connectivity index (χ4v) is 3.71. The van der Waals surface area contributed by atoms with Gasteiger partial charge in [-0.15, -0.1) is 0 Å². The van der Waals surface area contributed by atoms with Crippen molar-refractivity contribution in [2.45, 2.75) is 23.8 Å². The van der Waals surface area contributed by atoms with Gasteiger partial charge in [-0.05, 0) is 25.0 Å². The second-order valence-corrected chi connectivity index (χ2v) is 6.16. The molecule has 0 spiro atoms. The number of hydrogen-bond donors (Lipinski definition) is 0. The van der Waals surface area contributed by atoms with Crippen molar-refractivity contribution in [3.63, 3.8) is 0 Å². The fourth-order valence-electron chi connectivity index (χ4n) is 2.09. The molecule has 0 aliphatic carbocycles. The summed E-state index contributed by atoms with van der Waals surface area (Å²) in [5, 5.41) is 19.6. The maximum absolute atomic E-state index is 13.2. The molecule has 0 N–H and O–H groups in total. The molecule has 0 radical (unpaired) electrons. The van der Waals surface area contributed by atoms with Crippen LogP contribution in [0.2, 0.25) is 0 Å². The van der Waals surface area contributed by atoms with Crippen molar-refractivity contribution in [2.24, 2.45) is 0 Å². The molecule has 1 unspecified atom stereocenters. The third-order valence-corrected chi connectivity index (χ3v) is 4.98. The standard InChI is InChI=1S/C11H10FN3O4S/c12-10-4-3-9(6-11(10)15(16)17)20(18,19)14-5-1-2-8(14)7-13/h3-4,6,8H,1-2,5H2. The zero-order valence-corrected chi connectivity index (χ0v) is 11.0. The summed E-state index contributed by atoms with van der Waals surface area (Å²) < 4.78 is 38.9. The minimum atomic E-state index is -4.03. The van der Waals surface area contributed by atoms with Crippen LogP contribution in [-0.2, 0) is 10.0 Å². The highest BCUT2D eigenvalue weighted by atomic mass is 32.2. The molecule has 1 aliphatic heterocycles. The Labute approximate surface area is 114 Å². The van der Waals surface area contributed by atoms with Crippen LogP contribution in [0.25, 0.3) is 0 Å². The van der Waals surface area contributed by atoms with Crippen molar-refractivity contribution in [1.29, 1.82) is 5.26 Å². The summed E-state index contributed by atoms with van der Waals surface area (Å²) in [4.78, 5) is 9.28. The smallest absolute Gasteiger partial charge is 0.258 e. The van der Waals surface area contributed by atoms with E-state index in [1.54, 1.807) is 0 Å². The number of hydrogen-bond acceptors (Lipinski definition) is 5. The Balaban J connectivity index is 2.48. The van der Waals surface area contributed by atoms with Gasteiger partial charge in [0.2, 0.25) is 15.8 Å². The molecule has 2 rings (SSSR count). The summed E-state index contributed by atoms with van der Waals surface area (Å²) in [6.07, 6.45) is 0.958. The van der Waals surface area contributed by atoms with E-state index >= 15 is 0 Å². The molecule has 20 heavy (non-hydrogen) atoms. The molecule has 0 saturated carbocycles. The minimum Gasteiger partial charge on any atom is -0.258 e. The lowest BCUT2D eigenvalue weighted by Crippen LogP contribution is -2.34. The van der Waals surface area contributed by atoms with Crippen molar-refractivity contribution < 1.29 is 17.7 Å². The van der Waals surface area contributed by atoms with E-state index in [0.29, 0.717) is 18.9 Å². The monoisotopic (exact) mass is 299 g/mol. The van der Waals surface area contributed by atoms with Crippen molar-refractivity contribution >= 4 is 15.7 Å². The van der Waals surface area contributed by atoms with Gasteiger partial charge in [-0.1, -0.05) is 0 Å². The Morgan fingerprint density at radius 1 is 1.50 bits per heavy atom. The molecule has 106 valence electrons. The molecular formula is C11H10FN3O4S. The van der Waals surface area contributed by atoms with E-state index in [2.05, 4.69) is 0 Å². The lowest BCUT2D eigenvalue weighted by molar-refractivity contribution is -0.387. The molecular weight excluding hydrogens is 289 g/mol. The second kappa shape index (κ2) is 5.15. The van der Waals surface area contributed by atoms with Crippen molar-refractivity contribution in [3.05, 3.63) is 34.1 Å². The minimum absolute atomic E-state index is 0.172. The number of halogens is 1. The van der Waals surface area contributed by atoms with E-state index < -0.39 is 32.5 Å². The van der Waals surface area contributed by atoms with Crippen molar-refractivity contribution in [1.82, 2.24) is 4.31 Å². The molecule has 1 fully saturated rings. The van der Waals surface area contributed by atoms with Crippen LogP contribution in [0.5, 0.6) is 0 Å². The number of sulfonamides is 1. The van der Waals surface area contributed by atoms with E-state index in [-0.39, 0.29) is 11.4 Å². The van der Waals surface area contributed by atoms with Crippen LogP contribution in [0.15, 0.2) is 23.1 Å². The first-order valence-corrected chi connectivity index (χ1v) is 7.17. The summed E-state index contributed by atoms with van der Waals surface area (Å²) in [6, 6.07) is 3.47. The van der Waals surface area contributed by atoms with Crippen LogP contribution in [0, 0.1) is 27.3 Å². The molecule has 7 nitrogen and oxygen atoms in total. The number of nitriles is 1. The van der Waals surface area contributed by atoms with Gasteiger partial charge >= 0.3 is 5.69 Å². The molecule has 0 bridgehead atoms. The molecule has 1 aromatic rings. The van der Waals surface area contributed by atoms with E-state index in [1.807, 2.05) is 6.07 Å². The second-order valence-electron chi connectivity index (χ2n) is 4.27. The van der Waals surface area contributed by atoms with Gasteiger partial charge in [0, 0.05) is 12.6 Å². The average molecular weight is 299 g/mol. The predicted octanol–water partition coefficient (Wildman–Crippen LogP) is 1.41. The summed E-state index contributed by atoms with van der Waals surface area (Å²) in [5.41, 5.74) is -0.904. The van der Waals surface area contributed by atoms with Crippen LogP contribution >= 0.6 is 0 Å². The van der Waals surface area contributed by atoms with E-state index in [0.717, 1.165) is 16.4 Å².